The monoisotopic (exact) mass is 281 g/mol. The quantitative estimate of drug-likeness (QED) is 0.905. The summed E-state index contributed by atoms with van der Waals surface area (Å²) in [6.07, 6.45) is 1.90. The first kappa shape index (κ1) is 14.0. The fraction of sp³-hybridized carbons (Fsp3) is 0.500. The van der Waals surface area contributed by atoms with Gasteiger partial charge in [-0.3, -0.25) is 0 Å². The number of benzene rings is 1. The number of carbonyl (C=O) groups excluding carboxylic acids is 1. The van der Waals surface area contributed by atoms with E-state index in [-0.39, 0.29) is 6.03 Å². The van der Waals surface area contributed by atoms with Crippen molar-refractivity contribution in [3.05, 3.63) is 29.3 Å². The zero-order valence-electron chi connectivity index (χ0n) is 11.4. The standard InChI is InChI=1S/C14H20ClN3O/c1-17(2)14(19)18-9-7-11(8-10-18)16-13-6-4-3-5-12(13)15/h3-6,11,16H,7-10H2,1-2H3. The maximum absolute atomic E-state index is 11.8. The van der Waals surface area contributed by atoms with Gasteiger partial charge < -0.3 is 15.1 Å². The van der Waals surface area contributed by atoms with Crippen LogP contribution in [0.3, 0.4) is 0 Å². The summed E-state index contributed by atoms with van der Waals surface area (Å²) in [6, 6.07) is 8.24. The van der Waals surface area contributed by atoms with Gasteiger partial charge >= 0.3 is 6.03 Å². The molecule has 0 aromatic heterocycles. The number of anilines is 1. The van der Waals surface area contributed by atoms with Crippen LogP contribution >= 0.6 is 11.6 Å². The molecular formula is C14H20ClN3O. The predicted octanol–water partition coefficient (Wildman–Crippen LogP) is 2.90. The van der Waals surface area contributed by atoms with Crippen molar-refractivity contribution in [2.45, 2.75) is 18.9 Å². The molecule has 1 fully saturated rings. The number of urea groups is 1. The largest absolute Gasteiger partial charge is 0.381 e. The summed E-state index contributed by atoms with van der Waals surface area (Å²) >= 11 is 6.13. The van der Waals surface area contributed by atoms with E-state index in [2.05, 4.69) is 5.32 Å². The van der Waals surface area contributed by atoms with Crippen LogP contribution in [0, 0.1) is 0 Å². The number of carbonyl (C=O) groups is 1. The molecule has 0 spiro atoms. The summed E-state index contributed by atoms with van der Waals surface area (Å²) < 4.78 is 0. The second-order valence-electron chi connectivity index (χ2n) is 5.06. The van der Waals surface area contributed by atoms with Crippen LogP contribution in [0.1, 0.15) is 12.8 Å². The Kier molecular flexibility index (Phi) is 4.53. The van der Waals surface area contributed by atoms with Gasteiger partial charge in [0.2, 0.25) is 0 Å². The van der Waals surface area contributed by atoms with Gasteiger partial charge in [-0.2, -0.15) is 0 Å². The van der Waals surface area contributed by atoms with E-state index in [9.17, 15) is 4.79 Å². The van der Waals surface area contributed by atoms with Crippen LogP contribution in [0.2, 0.25) is 5.02 Å². The number of halogens is 1. The molecule has 0 saturated carbocycles. The van der Waals surface area contributed by atoms with E-state index >= 15 is 0 Å². The van der Waals surface area contributed by atoms with Crippen LogP contribution in [-0.4, -0.2) is 49.1 Å². The van der Waals surface area contributed by atoms with Crippen molar-refractivity contribution in [1.82, 2.24) is 9.80 Å². The summed E-state index contributed by atoms with van der Waals surface area (Å²) in [5.41, 5.74) is 0.974. The van der Waals surface area contributed by atoms with Gasteiger partial charge in [-0.15, -0.1) is 0 Å². The minimum atomic E-state index is 0.0937. The first-order valence-electron chi connectivity index (χ1n) is 6.55. The summed E-state index contributed by atoms with van der Waals surface area (Å²) in [5, 5.41) is 4.20. The molecule has 0 atom stereocenters. The fourth-order valence-electron chi connectivity index (χ4n) is 2.30. The topological polar surface area (TPSA) is 35.6 Å². The molecule has 1 saturated heterocycles. The Balaban J connectivity index is 1.87. The van der Waals surface area contributed by atoms with E-state index in [1.54, 1.807) is 19.0 Å². The minimum Gasteiger partial charge on any atom is -0.381 e. The SMILES string of the molecule is CN(C)C(=O)N1CCC(Nc2ccccc2Cl)CC1. The average Bonchev–Trinajstić information content (AvgIpc) is 2.41. The van der Waals surface area contributed by atoms with Gasteiger partial charge in [-0.25, -0.2) is 4.79 Å². The van der Waals surface area contributed by atoms with Crippen LogP contribution in [0.4, 0.5) is 10.5 Å². The second kappa shape index (κ2) is 6.15. The average molecular weight is 282 g/mol. The van der Waals surface area contributed by atoms with Gasteiger partial charge in [0.05, 0.1) is 10.7 Å². The predicted molar refractivity (Wildman–Crippen MR) is 78.8 cm³/mol. The molecule has 19 heavy (non-hydrogen) atoms. The van der Waals surface area contributed by atoms with Crippen LogP contribution in [0.5, 0.6) is 0 Å². The van der Waals surface area contributed by atoms with Crippen LogP contribution in [0.25, 0.3) is 0 Å². The van der Waals surface area contributed by atoms with Gasteiger partial charge in [0.15, 0.2) is 0 Å². The normalized spacial score (nSPS) is 16.3. The van der Waals surface area contributed by atoms with Crippen LogP contribution < -0.4 is 5.32 Å². The van der Waals surface area contributed by atoms with Crippen LogP contribution in [0.15, 0.2) is 24.3 Å². The molecule has 4 nitrogen and oxygen atoms in total. The van der Waals surface area contributed by atoms with E-state index in [1.165, 1.54) is 0 Å². The van der Waals surface area contributed by atoms with Gasteiger partial charge in [0.1, 0.15) is 0 Å². The maximum atomic E-state index is 11.8. The number of piperidine rings is 1. The molecule has 0 bridgehead atoms. The van der Waals surface area contributed by atoms with E-state index in [0.29, 0.717) is 6.04 Å². The molecule has 2 rings (SSSR count). The number of hydrogen-bond donors (Lipinski definition) is 1. The maximum Gasteiger partial charge on any atom is 0.319 e. The lowest BCUT2D eigenvalue weighted by Gasteiger charge is -2.34. The van der Waals surface area contributed by atoms with Crippen LogP contribution in [-0.2, 0) is 0 Å². The number of nitrogens with one attached hydrogen (secondary N) is 1. The number of amides is 2. The molecule has 0 radical (unpaired) electrons. The van der Waals surface area contributed by atoms with E-state index in [1.807, 2.05) is 29.2 Å². The van der Waals surface area contributed by atoms with Gasteiger partial charge in [-0.05, 0) is 25.0 Å². The van der Waals surface area contributed by atoms with Crippen molar-refractivity contribution in [2.75, 3.05) is 32.5 Å². The Labute approximate surface area is 119 Å². The molecule has 1 aromatic rings. The molecule has 1 aliphatic rings. The van der Waals surface area contributed by atoms with E-state index in [4.69, 9.17) is 11.6 Å². The Morgan fingerprint density at radius 3 is 2.53 bits per heavy atom. The highest BCUT2D eigenvalue weighted by Crippen LogP contribution is 2.24. The third-order valence-electron chi connectivity index (χ3n) is 3.38. The smallest absolute Gasteiger partial charge is 0.319 e. The lowest BCUT2D eigenvalue weighted by Crippen LogP contribution is -2.46. The summed E-state index contributed by atoms with van der Waals surface area (Å²) in [4.78, 5) is 15.3. The third-order valence-corrected chi connectivity index (χ3v) is 3.71. The van der Waals surface area contributed by atoms with E-state index in [0.717, 1.165) is 36.6 Å². The molecule has 1 aromatic carbocycles. The lowest BCUT2D eigenvalue weighted by atomic mass is 10.0. The number of para-hydroxylation sites is 1. The zero-order valence-corrected chi connectivity index (χ0v) is 12.2. The van der Waals surface area contributed by atoms with Crippen molar-refractivity contribution >= 4 is 23.3 Å². The summed E-state index contributed by atoms with van der Waals surface area (Å²) in [7, 11) is 3.58. The molecular weight excluding hydrogens is 262 g/mol. The number of hydrogen-bond acceptors (Lipinski definition) is 2. The highest BCUT2D eigenvalue weighted by Gasteiger charge is 2.23. The van der Waals surface area contributed by atoms with Gasteiger partial charge in [0, 0.05) is 33.2 Å². The zero-order chi connectivity index (χ0) is 13.8. The van der Waals surface area contributed by atoms with E-state index < -0.39 is 0 Å². The Morgan fingerprint density at radius 1 is 1.32 bits per heavy atom. The first-order valence-corrected chi connectivity index (χ1v) is 6.93. The van der Waals surface area contributed by atoms with Crippen molar-refractivity contribution in [1.29, 1.82) is 0 Å². The lowest BCUT2D eigenvalue weighted by molar-refractivity contribution is 0.158. The minimum absolute atomic E-state index is 0.0937. The Morgan fingerprint density at radius 2 is 1.95 bits per heavy atom. The highest BCUT2D eigenvalue weighted by atomic mass is 35.5. The summed E-state index contributed by atoms with van der Waals surface area (Å²) in [5.74, 6) is 0. The fourth-order valence-corrected chi connectivity index (χ4v) is 2.49. The molecule has 0 aliphatic carbocycles. The number of nitrogens with zero attached hydrogens (tertiary/aromatic N) is 2. The Hall–Kier alpha value is -1.42. The number of likely N-dealkylation sites (tertiary alicyclic amines) is 1. The molecule has 1 N–H and O–H groups in total. The molecule has 104 valence electrons. The molecule has 0 unspecified atom stereocenters. The van der Waals surface area contributed by atoms with Crippen molar-refractivity contribution < 1.29 is 4.79 Å². The van der Waals surface area contributed by atoms with Crippen molar-refractivity contribution in [2.24, 2.45) is 0 Å². The molecule has 2 amide bonds. The van der Waals surface area contributed by atoms with Gasteiger partial charge in [0.25, 0.3) is 0 Å². The molecule has 5 heteroatoms. The highest BCUT2D eigenvalue weighted by molar-refractivity contribution is 6.33. The van der Waals surface area contributed by atoms with Crippen molar-refractivity contribution in [3.8, 4) is 0 Å². The second-order valence-corrected chi connectivity index (χ2v) is 5.47. The van der Waals surface area contributed by atoms with Crippen molar-refractivity contribution in [3.63, 3.8) is 0 Å². The van der Waals surface area contributed by atoms with Gasteiger partial charge in [-0.1, -0.05) is 23.7 Å². The summed E-state index contributed by atoms with van der Waals surface area (Å²) in [6.45, 7) is 1.58. The third kappa shape index (κ3) is 3.53. The molecule has 1 aliphatic heterocycles. The Bertz CT molecular complexity index is 442. The molecule has 1 heterocycles. The number of rotatable bonds is 2. The first-order chi connectivity index (χ1) is 9.08.